The van der Waals surface area contributed by atoms with Gasteiger partial charge in [-0.25, -0.2) is 4.79 Å². The van der Waals surface area contributed by atoms with Gasteiger partial charge in [-0.15, -0.1) is 0 Å². The minimum atomic E-state index is -1.33. The number of ether oxygens (including phenoxy) is 1. The monoisotopic (exact) mass is 359 g/mol. The second kappa shape index (κ2) is 8.07. The number of hydrogen-bond donors (Lipinski definition) is 1. The average Bonchev–Trinajstić information content (AvgIpc) is 2.57. The van der Waals surface area contributed by atoms with Crippen LogP contribution < -0.4 is 5.32 Å². The Labute approximate surface area is 149 Å². The molecule has 2 atom stereocenters. The lowest BCUT2D eigenvalue weighted by atomic mass is 10.1. The van der Waals surface area contributed by atoms with Crippen molar-refractivity contribution >= 4 is 28.4 Å². The highest BCUT2D eigenvalue weighted by Gasteiger charge is 2.22. The molecule has 0 unspecified atom stereocenters. The molecule has 6 heteroatoms. The van der Waals surface area contributed by atoms with E-state index in [1.807, 2.05) is 32.0 Å². The number of aryl methyl sites for hydroxylation is 2. The van der Waals surface area contributed by atoms with Gasteiger partial charge < -0.3 is 10.1 Å². The molecule has 0 fully saturated rings. The lowest BCUT2D eigenvalue weighted by molar-refractivity contribution is -0.123. The van der Waals surface area contributed by atoms with Gasteiger partial charge in [-0.2, -0.15) is 0 Å². The maximum Gasteiger partial charge on any atom is 0.340 e. The second-order valence-corrected chi connectivity index (χ2v) is 7.10. The quantitative estimate of drug-likeness (QED) is 0.832. The Kier molecular flexibility index (Phi) is 6.09. The third-order valence-electron chi connectivity index (χ3n) is 3.80. The average molecular weight is 359 g/mol. The van der Waals surface area contributed by atoms with Crippen LogP contribution in [0.25, 0.3) is 0 Å². The van der Waals surface area contributed by atoms with Crippen molar-refractivity contribution in [1.29, 1.82) is 0 Å². The van der Waals surface area contributed by atoms with Crippen molar-refractivity contribution in [3.05, 3.63) is 59.2 Å². The lowest BCUT2D eigenvalue weighted by Crippen LogP contribution is -2.30. The molecule has 25 heavy (non-hydrogen) atoms. The Balaban J connectivity index is 2.11. The van der Waals surface area contributed by atoms with Gasteiger partial charge in [0.25, 0.3) is 5.91 Å². The van der Waals surface area contributed by atoms with Gasteiger partial charge in [0.15, 0.2) is 6.10 Å². The Bertz CT molecular complexity index is 812. The van der Waals surface area contributed by atoms with E-state index in [0.717, 1.165) is 11.1 Å². The first-order valence-electron chi connectivity index (χ1n) is 7.81. The number of hydrogen-bond acceptors (Lipinski definition) is 4. The number of carbonyl (C=O) groups is 2. The van der Waals surface area contributed by atoms with Gasteiger partial charge in [-0.1, -0.05) is 30.3 Å². The molecule has 0 aliphatic rings. The summed E-state index contributed by atoms with van der Waals surface area (Å²) in [6, 6.07) is 12.2. The van der Waals surface area contributed by atoms with Gasteiger partial charge in [-0.3, -0.25) is 9.00 Å². The number of amides is 1. The van der Waals surface area contributed by atoms with Crippen LogP contribution >= 0.6 is 0 Å². The highest BCUT2D eigenvalue weighted by molar-refractivity contribution is 7.84. The zero-order chi connectivity index (χ0) is 18.6. The summed E-state index contributed by atoms with van der Waals surface area (Å²) >= 11 is 0. The second-order valence-electron chi connectivity index (χ2n) is 5.75. The molecule has 0 heterocycles. The van der Waals surface area contributed by atoms with Crippen LogP contribution in [0.5, 0.6) is 0 Å². The first-order valence-corrected chi connectivity index (χ1v) is 9.37. The summed E-state index contributed by atoms with van der Waals surface area (Å²) < 4.78 is 17.0. The predicted octanol–water partition coefficient (Wildman–Crippen LogP) is 3.22. The van der Waals surface area contributed by atoms with Crippen LogP contribution in [-0.2, 0) is 20.3 Å². The van der Waals surface area contributed by atoms with Gasteiger partial charge in [0.05, 0.1) is 21.3 Å². The minimum Gasteiger partial charge on any atom is -0.449 e. The highest BCUT2D eigenvalue weighted by atomic mass is 32.2. The van der Waals surface area contributed by atoms with Crippen LogP contribution in [0.2, 0.25) is 0 Å². The maximum absolute atomic E-state index is 12.4. The van der Waals surface area contributed by atoms with E-state index in [-0.39, 0.29) is 5.56 Å². The van der Waals surface area contributed by atoms with Crippen LogP contribution in [0.3, 0.4) is 0 Å². The highest BCUT2D eigenvalue weighted by Crippen LogP contribution is 2.20. The van der Waals surface area contributed by atoms with Gasteiger partial charge in [0, 0.05) is 11.9 Å². The molecule has 2 rings (SSSR count). The van der Waals surface area contributed by atoms with Crippen LogP contribution in [0, 0.1) is 13.8 Å². The van der Waals surface area contributed by atoms with Gasteiger partial charge in [-0.05, 0) is 44.0 Å². The number of benzene rings is 2. The normalized spacial score (nSPS) is 13.0. The van der Waals surface area contributed by atoms with Gasteiger partial charge in [0.2, 0.25) is 0 Å². The van der Waals surface area contributed by atoms with E-state index in [9.17, 15) is 13.8 Å². The molecular formula is C19H21NO4S. The molecule has 2 aromatic rings. The maximum atomic E-state index is 12.4. The Morgan fingerprint density at radius 2 is 1.64 bits per heavy atom. The Morgan fingerprint density at radius 1 is 1.04 bits per heavy atom. The summed E-state index contributed by atoms with van der Waals surface area (Å²) in [6.45, 7) is 5.30. The standard InChI is InChI=1S/C19H21NO4S/c1-12-8-7-9-13(2)17(12)20-18(21)14(3)24-19(22)15-10-5-6-11-16(15)25(4)23/h5-11,14H,1-4H3,(H,20,21)/t14-,25+/m1/s1. The van der Waals surface area contributed by atoms with Crippen LogP contribution in [0.4, 0.5) is 5.69 Å². The van der Waals surface area contributed by atoms with E-state index >= 15 is 0 Å². The third kappa shape index (κ3) is 4.54. The van der Waals surface area contributed by atoms with Crippen LogP contribution in [0.1, 0.15) is 28.4 Å². The van der Waals surface area contributed by atoms with Crippen molar-refractivity contribution in [1.82, 2.24) is 0 Å². The Morgan fingerprint density at radius 3 is 2.24 bits per heavy atom. The van der Waals surface area contributed by atoms with Crippen molar-refractivity contribution in [3.63, 3.8) is 0 Å². The molecule has 0 bridgehead atoms. The minimum absolute atomic E-state index is 0.204. The SMILES string of the molecule is Cc1cccc(C)c1NC(=O)[C@@H](C)OC(=O)c1ccccc1[S@](C)=O. The molecule has 0 saturated carbocycles. The number of nitrogens with one attached hydrogen (secondary N) is 1. The van der Waals surface area contributed by atoms with Crippen molar-refractivity contribution in [2.75, 3.05) is 11.6 Å². The molecule has 132 valence electrons. The molecule has 0 saturated heterocycles. The van der Waals surface area contributed by atoms with Crippen molar-refractivity contribution in [2.45, 2.75) is 31.8 Å². The number of anilines is 1. The van der Waals surface area contributed by atoms with Crippen LogP contribution in [-0.4, -0.2) is 28.4 Å². The van der Waals surface area contributed by atoms with Gasteiger partial charge in [0.1, 0.15) is 0 Å². The molecule has 0 aromatic heterocycles. The molecule has 1 amide bonds. The Hall–Kier alpha value is -2.47. The van der Waals surface area contributed by atoms with E-state index < -0.39 is 28.8 Å². The number of rotatable bonds is 5. The topological polar surface area (TPSA) is 72.5 Å². The number of esters is 1. The fourth-order valence-electron chi connectivity index (χ4n) is 2.40. The molecule has 0 spiro atoms. The van der Waals surface area contributed by atoms with Crippen molar-refractivity contribution < 1.29 is 18.5 Å². The number of para-hydroxylation sites is 1. The zero-order valence-corrected chi connectivity index (χ0v) is 15.5. The first-order chi connectivity index (χ1) is 11.8. The van der Waals surface area contributed by atoms with E-state index in [2.05, 4.69) is 5.32 Å². The smallest absolute Gasteiger partial charge is 0.340 e. The molecule has 1 N–H and O–H groups in total. The van der Waals surface area contributed by atoms with E-state index in [1.54, 1.807) is 18.2 Å². The summed E-state index contributed by atoms with van der Waals surface area (Å²) in [4.78, 5) is 25.1. The van der Waals surface area contributed by atoms with Crippen LogP contribution in [0.15, 0.2) is 47.4 Å². The summed E-state index contributed by atoms with van der Waals surface area (Å²) in [5.74, 6) is -1.09. The molecule has 0 aliphatic carbocycles. The van der Waals surface area contributed by atoms with Crippen molar-refractivity contribution in [3.8, 4) is 0 Å². The fourth-order valence-corrected chi connectivity index (χ4v) is 3.13. The lowest BCUT2D eigenvalue weighted by Gasteiger charge is -2.16. The summed E-state index contributed by atoms with van der Waals surface area (Å²) in [7, 11) is -1.33. The van der Waals surface area contributed by atoms with E-state index in [0.29, 0.717) is 10.6 Å². The largest absolute Gasteiger partial charge is 0.449 e. The fraction of sp³-hybridized carbons (Fsp3) is 0.263. The molecule has 5 nitrogen and oxygen atoms in total. The predicted molar refractivity (Wildman–Crippen MR) is 98.2 cm³/mol. The zero-order valence-electron chi connectivity index (χ0n) is 14.7. The molecule has 0 radical (unpaired) electrons. The first kappa shape index (κ1) is 18.9. The van der Waals surface area contributed by atoms with Gasteiger partial charge >= 0.3 is 5.97 Å². The summed E-state index contributed by atoms with van der Waals surface area (Å²) in [6.07, 6.45) is 0.508. The third-order valence-corrected chi connectivity index (χ3v) is 4.77. The van der Waals surface area contributed by atoms with E-state index in [1.165, 1.54) is 19.2 Å². The summed E-state index contributed by atoms with van der Waals surface area (Å²) in [5.41, 5.74) is 2.78. The molecule has 0 aliphatic heterocycles. The number of carbonyl (C=O) groups excluding carboxylic acids is 2. The molecular weight excluding hydrogens is 338 g/mol. The summed E-state index contributed by atoms with van der Waals surface area (Å²) in [5, 5.41) is 2.80. The van der Waals surface area contributed by atoms with Crippen molar-refractivity contribution in [2.24, 2.45) is 0 Å². The van der Waals surface area contributed by atoms with E-state index in [4.69, 9.17) is 4.74 Å². The molecule has 2 aromatic carbocycles.